The van der Waals surface area contributed by atoms with Crippen molar-refractivity contribution in [1.29, 1.82) is 0 Å². The molecule has 20 heavy (non-hydrogen) atoms. The standard InChI is InChI=1S/C14H30N4O.HI/c1-13-6-4-9-18(12-13)10-8-17-14(15-2)16-7-5-11-19-3;/h13H,4-12H2,1-3H3,(H2,15,16,17);1H. The van der Waals surface area contributed by atoms with E-state index in [1.807, 2.05) is 7.05 Å². The van der Waals surface area contributed by atoms with Crippen molar-refractivity contribution in [2.24, 2.45) is 10.9 Å². The maximum atomic E-state index is 5.02. The Bertz CT molecular complexity index is 264. The number of aliphatic imine (C=N–C) groups is 1. The Hall–Kier alpha value is -0.0800. The number of likely N-dealkylation sites (tertiary alicyclic amines) is 1. The summed E-state index contributed by atoms with van der Waals surface area (Å²) in [4.78, 5) is 6.76. The Morgan fingerprint density at radius 3 is 2.75 bits per heavy atom. The molecule has 1 unspecified atom stereocenters. The molecule has 0 aromatic heterocycles. The molecule has 1 heterocycles. The summed E-state index contributed by atoms with van der Waals surface area (Å²) in [6.45, 7) is 8.56. The van der Waals surface area contributed by atoms with Gasteiger partial charge in [-0.05, 0) is 31.7 Å². The number of ether oxygens (including phenoxy) is 1. The van der Waals surface area contributed by atoms with Crippen LogP contribution in [0.5, 0.6) is 0 Å². The van der Waals surface area contributed by atoms with Crippen molar-refractivity contribution in [3.63, 3.8) is 0 Å². The Morgan fingerprint density at radius 1 is 1.35 bits per heavy atom. The van der Waals surface area contributed by atoms with Gasteiger partial charge in [-0.2, -0.15) is 0 Å². The second-order valence-electron chi connectivity index (χ2n) is 5.32. The van der Waals surface area contributed by atoms with E-state index in [-0.39, 0.29) is 24.0 Å². The molecule has 2 N–H and O–H groups in total. The van der Waals surface area contributed by atoms with Crippen LogP contribution in [-0.2, 0) is 4.74 Å². The van der Waals surface area contributed by atoms with E-state index < -0.39 is 0 Å². The fourth-order valence-electron chi connectivity index (χ4n) is 2.47. The van der Waals surface area contributed by atoms with Crippen molar-refractivity contribution >= 4 is 29.9 Å². The van der Waals surface area contributed by atoms with Gasteiger partial charge < -0.3 is 20.3 Å². The number of hydrogen-bond acceptors (Lipinski definition) is 3. The molecule has 0 aliphatic carbocycles. The maximum Gasteiger partial charge on any atom is 0.191 e. The molecular formula is C14H31IN4O. The van der Waals surface area contributed by atoms with Crippen LogP contribution < -0.4 is 10.6 Å². The van der Waals surface area contributed by atoms with Gasteiger partial charge in [-0.15, -0.1) is 24.0 Å². The molecule has 1 saturated heterocycles. The van der Waals surface area contributed by atoms with Gasteiger partial charge in [-0.3, -0.25) is 4.99 Å². The molecular weight excluding hydrogens is 367 g/mol. The SMILES string of the molecule is CN=C(NCCCOC)NCCN1CCCC(C)C1.I. The van der Waals surface area contributed by atoms with Crippen LogP contribution in [0.1, 0.15) is 26.2 Å². The van der Waals surface area contributed by atoms with Crippen LogP contribution in [0.2, 0.25) is 0 Å². The topological polar surface area (TPSA) is 48.9 Å². The molecule has 0 amide bonds. The minimum Gasteiger partial charge on any atom is -0.385 e. The predicted octanol–water partition coefficient (Wildman–Crippen LogP) is 1.54. The van der Waals surface area contributed by atoms with Gasteiger partial charge in [0.05, 0.1) is 0 Å². The van der Waals surface area contributed by atoms with E-state index in [9.17, 15) is 0 Å². The molecule has 0 bridgehead atoms. The van der Waals surface area contributed by atoms with Gasteiger partial charge in [0, 0.05) is 46.9 Å². The quantitative estimate of drug-likeness (QED) is 0.296. The van der Waals surface area contributed by atoms with Crippen LogP contribution in [-0.4, -0.2) is 64.3 Å². The fraction of sp³-hybridized carbons (Fsp3) is 0.929. The largest absolute Gasteiger partial charge is 0.385 e. The highest BCUT2D eigenvalue weighted by Crippen LogP contribution is 2.14. The Labute approximate surface area is 140 Å². The molecule has 0 aromatic rings. The van der Waals surface area contributed by atoms with Crippen LogP contribution in [0.3, 0.4) is 0 Å². The normalized spacial score (nSPS) is 20.4. The number of guanidine groups is 1. The van der Waals surface area contributed by atoms with Gasteiger partial charge >= 0.3 is 0 Å². The third kappa shape index (κ3) is 8.97. The fourth-order valence-corrected chi connectivity index (χ4v) is 2.47. The highest BCUT2D eigenvalue weighted by molar-refractivity contribution is 14.0. The highest BCUT2D eigenvalue weighted by atomic mass is 127. The Morgan fingerprint density at radius 2 is 2.10 bits per heavy atom. The number of rotatable bonds is 7. The Kier molecular flexibility index (Phi) is 12.6. The van der Waals surface area contributed by atoms with Crippen molar-refractivity contribution in [1.82, 2.24) is 15.5 Å². The predicted molar refractivity (Wildman–Crippen MR) is 96.1 cm³/mol. The lowest BCUT2D eigenvalue weighted by Gasteiger charge is -2.30. The molecule has 0 saturated carbocycles. The maximum absolute atomic E-state index is 5.02. The first kappa shape index (κ1) is 19.9. The van der Waals surface area contributed by atoms with Crippen LogP contribution in [0, 0.1) is 5.92 Å². The number of halogens is 1. The number of piperidine rings is 1. The molecule has 120 valence electrons. The minimum absolute atomic E-state index is 0. The van der Waals surface area contributed by atoms with Crippen molar-refractivity contribution in [3.8, 4) is 0 Å². The first-order valence-corrected chi connectivity index (χ1v) is 7.42. The zero-order valence-corrected chi connectivity index (χ0v) is 15.5. The summed E-state index contributed by atoms with van der Waals surface area (Å²) >= 11 is 0. The van der Waals surface area contributed by atoms with Gasteiger partial charge in [0.15, 0.2) is 5.96 Å². The lowest BCUT2D eigenvalue weighted by Crippen LogP contribution is -2.44. The highest BCUT2D eigenvalue weighted by Gasteiger charge is 2.15. The zero-order valence-electron chi connectivity index (χ0n) is 13.2. The molecule has 1 aliphatic heterocycles. The second-order valence-corrected chi connectivity index (χ2v) is 5.32. The summed E-state index contributed by atoms with van der Waals surface area (Å²) in [5.74, 6) is 1.74. The van der Waals surface area contributed by atoms with E-state index >= 15 is 0 Å². The van der Waals surface area contributed by atoms with E-state index in [2.05, 4.69) is 27.4 Å². The minimum atomic E-state index is 0. The van der Waals surface area contributed by atoms with Gasteiger partial charge in [-0.1, -0.05) is 6.92 Å². The zero-order chi connectivity index (χ0) is 13.9. The summed E-state index contributed by atoms with van der Waals surface area (Å²) in [5, 5.41) is 6.66. The van der Waals surface area contributed by atoms with Crippen LogP contribution >= 0.6 is 24.0 Å². The van der Waals surface area contributed by atoms with Crippen molar-refractivity contribution in [2.45, 2.75) is 26.2 Å². The average Bonchev–Trinajstić information content (AvgIpc) is 2.41. The molecule has 0 aromatic carbocycles. The molecule has 1 fully saturated rings. The molecule has 0 radical (unpaired) electrons. The first-order chi connectivity index (χ1) is 9.26. The van der Waals surface area contributed by atoms with E-state index in [0.29, 0.717) is 0 Å². The molecule has 1 atom stereocenters. The summed E-state index contributed by atoms with van der Waals surface area (Å²) in [6, 6.07) is 0. The number of methoxy groups -OCH3 is 1. The van der Waals surface area contributed by atoms with E-state index in [4.69, 9.17) is 4.74 Å². The first-order valence-electron chi connectivity index (χ1n) is 7.42. The van der Waals surface area contributed by atoms with E-state index in [1.165, 1.54) is 25.9 Å². The molecule has 5 nitrogen and oxygen atoms in total. The molecule has 1 rings (SSSR count). The van der Waals surface area contributed by atoms with E-state index in [1.54, 1.807) is 7.11 Å². The average molecular weight is 398 g/mol. The van der Waals surface area contributed by atoms with E-state index in [0.717, 1.165) is 44.5 Å². The number of hydrogen-bond donors (Lipinski definition) is 2. The smallest absolute Gasteiger partial charge is 0.191 e. The van der Waals surface area contributed by atoms with Gasteiger partial charge in [0.2, 0.25) is 0 Å². The van der Waals surface area contributed by atoms with Crippen LogP contribution in [0.4, 0.5) is 0 Å². The van der Waals surface area contributed by atoms with Gasteiger partial charge in [0.1, 0.15) is 0 Å². The Balaban J connectivity index is 0.00000361. The van der Waals surface area contributed by atoms with Crippen molar-refractivity contribution in [2.75, 3.05) is 53.5 Å². The van der Waals surface area contributed by atoms with Gasteiger partial charge in [0.25, 0.3) is 0 Å². The summed E-state index contributed by atoms with van der Waals surface area (Å²) in [7, 11) is 3.54. The van der Waals surface area contributed by atoms with Crippen molar-refractivity contribution in [3.05, 3.63) is 0 Å². The summed E-state index contributed by atoms with van der Waals surface area (Å²) < 4.78 is 5.02. The lowest BCUT2D eigenvalue weighted by atomic mass is 10.0. The number of nitrogens with one attached hydrogen (secondary N) is 2. The monoisotopic (exact) mass is 398 g/mol. The molecule has 6 heteroatoms. The van der Waals surface area contributed by atoms with Crippen LogP contribution in [0.25, 0.3) is 0 Å². The van der Waals surface area contributed by atoms with Crippen LogP contribution in [0.15, 0.2) is 4.99 Å². The van der Waals surface area contributed by atoms with Gasteiger partial charge in [-0.25, -0.2) is 0 Å². The lowest BCUT2D eigenvalue weighted by molar-refractivity contribution is 0.186. The molecule has 1 aliphatic rings. The number of nitrogens with zero attached hydrogens (tertiary/aromatic N) is 2. The third-order valence-electron chi connectivity index (χ3n) is 3.50. The van der Waals surface area contributed by atoms with Crippen molar-refractivity contribution < 1.29 is 4.74 Å². The summed E-state index contributed by atoms with van der Waals surface area (Å²) in [6.07, 6.45) is 3.72. The third-order valence-corrected chi connectivity index (χ3v) is 3.50. The summed E-state index contributed by atoms with van der Waals surface area (Å²) in [5.41, 5.74) is 0. The second kappa shape index (κ2) is 12.6. The molecule has 0 spiro atoms.